The number of piperazine rings is 1. The third kappa shape index (κ3) is 3.39. The Bertz CT molecular complexity index is 424. The van der Waals surface area contributed by atoms with Crippen LogP contribution in [0, 0.1) is 5.82 Å². The SMILES string of the molecule is CCN1CCN(C(C)C(=O)c2ccc(F)cc2)CC1. The fourth-order valence-corrected chi connectivity index (χ4v) is 2.49. The number of likely N-dealkylation sites (N-methyl/N-ethyl adjacent to an activating group) is 1. The lowest BCUT2D eigenvalue weighted by molar-refractivity contribution is 0.0710. The van der Waals surface area contributed by atoms with E-state index in [4.69, 9.17) is 0 Å². The molecule has 19 heavy (non-hydrogen) atoms. The van der Waals surface area contributed by atoms with Gasteiger partial charge in [0.2, 0.25) is 0 Å². The average molecular weight is 264 g/mol. The van der Waals surface area contributed by atoms with Crippen molar-refractivity contribution in [2.75, 3.05) is 32.7 Å². The summed E-state index contributed by atoms with van der Waals surface area (Å²) in [5, 5.41) is 0. The van der Waals surface area contributed by atoms with Crippen LogP contribution in [0.5, 0.6) is 0 Å². The molecule has 1 heterocycles. The average Bonchev–Trinajstić information content (AvgIpc) is 2.46. The molecule has 1 unspecified atom stereocenters. The normalized spacial score (nSPS) is 19.3. The lowest BCUT2D eigenvalue weighted by atomic mass is 10.0. The van der Waals surface area contributed by atoms with Gasteiger partial charge >= 0.3 is 0 Å². The number of hydrogen-bond acceptors (Lipinski definition) is 3. The predicted molar refractivity (Wildman–Crippen MR) is 73.9 cm³/mol. The fraction of sp³-hybridized carbons (Fsp3) is 0.533. The van der Waals surface area contributed by atoms with Crippen LogP contribution in [0.4, 0.5) is 4.39 Å². The molecule has 1 aromatic rings. The molecule has 0 aliphatic carbocycles. The molecule has 1 atom stereocenters. The molecule has 1 aromatic carbocycles. The molecular weight excluding hydrogens is 243 g/mol. The number of carbonyl (C=O) groups excluding carboxylic acids is 1. The van der Waals surface area contributed by atoms with Crippen LogP contribution in [0.25, 0.3) is 0 Å². The minimum Gasteiger partial charge on any atom is -0.301 e. The highest BCUT2D eigenvalue weighted by Gasteiger charge is 2.25. The highest BCUT2D eigenvalue weighted by Crippen LogP contribution is 2.12. The van der Waals surface area contributed by atoms with E-state index in [2.05, 4.69) is 16.7 Å². The Balaban J connectivity index is 1.98. The smallest absolute Gasteiger partial charge is 0.179 e. The second-order valence-electron chi connectivity index (χ2n) is 5.02. The largest absolute Gasteiger partial charge is 0.301 e. The molecule has 1 saturated heterocycles. The van der Waals surface area contributed by atoms with Gasteiger partial charge in [-0.1, -0.05) is 6.92 Å². The minimum atomic E-state index is -0.305. The minimum absolute atomic E-state index is 0.0740. The summed E-state index contributed by atoms with van der Waals surface area (Å²) in [6, 6.07) is 5.68. The second kappa shape index (κ2) is 6.26. The van der Waals surface area contributed by atoms with Crippen LogP contribution in [0.15, 0.2) is 24.3 Å². The quantitative estimate of drug-likeness (QED) is 0.778. The maximum absolute atomic E-state index is 12.9. The van der Waals surface area contributed by atoms with Crippen molar-refractivity contribution in [1.29, 1.82) is 0 Å². The summed E-state index contributed by atoms with van der Waals surface area (Å²) in [4.78, 5) is 16.9. The first-order valence-electron chi connectivity index (χ1n) is 6.88. The van der Waals surface area contributed by atoms with Gasteiger partial charge in [-0.05, 0) is 37.7 Å². The molecule has 1 fully saturated rings. The van der Waals surface area contributed by atoms with Crippen molar-refractivity contribution in [2.24, 2.45) is 0 Å². The van der Waals surface area contributed by atoms with Crippen LogP contribution in [0.1, 0.15) is 24.2 Å². The monoisotopic (exact) mass is 264 g/mol. The molecular formula is C15H21FN2O. The first-order valence-corrected chi connectivity index (χ1v) is 6.88. The number of hydrogen-bond donors (Lipinski definition) is 0. The van der Waals surface area contributed by atoms with Gasteiger partial charge in [0.15, 0.2) is 5.78 Å². The summed E-state index contributed by atoms with van der Waals surface area (Å²) in [6.45, 7) is 9.02. The third-order valence-electron chi connectivity index (χ3n) is 3.91. The van der Waals surface area contributed by atoms with E-state index in [0.717, 1.165) is 32.7 Å². The topological polar surface area (TPSA) is 23.6 Å². The second-order valence-corrected chi connectivity index (χ2v) is 5.02. The van der Waals surface area contributed by atoms with Gasteiger partial charge in [-0.25, -0.2) is 4.39 Å². The number of nitrogens with zero attached hydrogens (tertiary/aromatic N) is 2. The summed E-state index contributed by atoms with van der Waals surface area (Å²) < 4.78 is 12.9. The van der Waals surface area contributed by atoms with E-state index in [1.165, 1.54) is 12.1 Å². The van der Waals surface area contributed by atoms with Gasteiger partial charge in [-0.15, -0.1) is 0 Å². The number of benzene rings is 1. The molecule has 0 bridgehead atoms. The van der Waals surface area contributed by atoms with Crippen molar-refractivity contribution in [2.45, 2.75) is 19.9 Å². The Labute approximate surface area is 114 Å². The Morgan fingerprint density at radius 2 is 1.79 bits per heavy atom. The van der Waals surface area contributed by atoms with E-state index >= 15 is 0 Å². The van der Waals surface area contributed by atoms with E-state index in [1.807, 2.05) is 6.92 Å². The molecule has 2 rings (SSSR count). The predicted octanol–water partition coefficient (Wildman–Crippen LogP) is 2.03. The van der Waals surface area contributed by atoms with Crippen molar-refractivity contribution < 1.29 is 9.18 Å². The molecule has 104 valence electrons. The summed E-state index contributed by atoms with van der Waals surface area (Å²) in [6.07, 6.45) is 0. The van der Waals surface area contributed by atoms with Gasteiger partial charge in [0.25, 0.3) is 0 Å². The first kappa shape index (κ1) is 14.2. The Kier molecular flexibility index (Phi) is 4.66. The van der Waals surface area contributed by atoms with Crippen molar-refractivity contribution >= 4 is 5.78 Å². The number of rotatable bonds is 4. The highest BCUT2D eigenvalue weighted by molar-refractivity contribution is 5.99. The van der Waals surface area contributed by atoms with E-state index < -0.39 is 0 Å². The van der Waals surface area contributed by atoms with Crippen LogP contribution in [-0.4, -0.2) is 54.3 Å². The van der Waals surface area contributed by atoms with Gasteiger partial charge in [0.1, 0.15) is 5.82 Å². The third-order valence-corrected chi connectivity index (χ3v) is 3.91. The fourth-order valence-electron chi connectivity index (χ4n) is 2.49. The molecule has 0 N–H and O–H groups in total. The van der Waals surface area contributed by atoms with Gasteiger partial charge < -0.3 is 4.90 Å². The van der Waals surface area contributed by atoms with Gasteiger partial charge in [0.05, 0.1) is 6.04 Å². The molecule has 4 heteroatoms. The highest BCUT2D eigenvalue weighted by atomic mass is 19.1. The van der Waals surface area contributed by atoms with Crippen molar-refractivity contribution in [3.05, 3.63) is 35.6 Å². The number of ketones is 1. The zero-order chi connectivity index (χ0) is 13.8. The molecule has 3 nitrogen and oxygen atoms in total. The first-order chi connectivity index (χ1) is 9.11. The van der Waals surface area contributed by atoms with E-state index in [-0.39, 0.29) is 17.6 Å². The van der Waals surface area contributed by atoms with E-state index in [9.17, 15) is 9.18 Å². The van der Waals surface area contributed by atoms with E-state index in [1.54, 1.807) is 12.1 Å². The summed E-state index contributed by atoms with van der Waals surface area (Å²) >= 11 is 0. The molecule has 1 aliphatic heterocycles. The van der Waals surface area contributed by atoms with Crippen molar-refractivity contribution in [3.8, 4) is 0 Å². The summed E-state index contributed by atoms with van der Waals surface area (Å²) in [5.41, 5.74) is 0.590. The maximum atomic E-state index is 12.9. The summed E-state index contributed by atoms with van der Waals surface area (Å²) in [5.74, 6) is -0.231. The molecule has 0 spiro atoms. The van der Waals surface area contributed by atoms with Gasteiger partial charge in [-0.3, -0.25) is 9.69 Å². The van der Waals surface area contributed by atoms with Crippen LogP contribution in [0.3, 0.4) is 0 Å². The lowest BCUT2D eigenvalue weighted by Crippen LogP contribution is -2.51. The van der Waals surface area contributed by atoms with Crippen LogP contribution in [0.2, 0.25) is 0 Å². The number of carbonyl (C=O) groups is 1. The lowest BCUT2D eigenvalue weighted by Gasteiger charge is -2.37. The molecule has 0 aromatic heterocycles. The van der Waals surface area contributed by atoms with Crippen LogP contribution >= 0.6 is 0 Å². The van der Waals surface area contributed by atoms with Gasteiger partial charge in [-0.2, -0.15) is 0 Å². The van der Waals surface area contributed by atoms with Crippen molar-refractivity contribution in [3.63, 3.8) is 0 Å². The molecule has 0 amide bonds. The summed E-state index contributed by atoms with van der Waals surface area (Å²) in [7, 11) is 0. The number of Topliss-reactive ketones (excluding diaryl/α,β-unsaturated/α-hetero) is 1. The molecule has 0 saturated carbocycles. The zero-order valence-corrected chi connectivity index (χ0v) is 11.6. The maximum Gasteiger partial charge on any atom is 0.179 e. The standard InChI is InChI=1S/C15H21FN2O/c1-3-17-8-10-18(11-9-17)12(2)15(19)13-4-6-14(16)7-5-13/h4-7,12H,3,8-11H2,1-2H3. The Morgan fingerprint density at radius 1 is 1.21 bits per heavy atom. The van der Waals surface area contributed by atoms with Crippen molar-refractivity contribution in [1.82, 2.24) is 9.80 Å². The Morgan fingerprint density at radius 3 is 2.32 bits per heavy atom. The van der Waals surface area contributed by atoms with Gasteiger partial charge in [0, 0.05) is 31.7 Å². The molecule has 1 aliphatic rings. The van der Waals surface area contributed by atoms with E-state index in [0.29, 0.717) is 5.56 Å². The van der Waals surface area contributed by atoms with Crippen LogP contribution in [-0.2, 0) is 0 Å². The zero-order valence-electron chi connectivity index (χ0n) is 11.6. The number of halogens is 1. The van der Waals surface area contributed by atoms with Crippen LogP contribution < -0.4 is 0 Å². The Hall–Kier alpha value is -1.26. The molecule has 0 radical (unpaired) electrons.